The van der Waals surface area contributed by atoms with Crippen molar-refractivity contribution in [3.8, 4) is 0 Å². The molecule has 0 amide bonds. The van der Waals surface area contributed by atoms with Gasteiger partial charge in [0.2, 0.25) is 0 Å². The molecule has 1 aliphatic heterocycles. The number of nitrogens with two attached hydrogens (primary N) is 1. The molecule has 90 valence electrons. The monoisotopic (exact) mass is 238 g/mol. The lowest BCUT2D eigenvalue weighted by molar-refractivity contribution is 0.122. The van der Waals surface area contributed by atoms with Crippen molar-refractivity contribution in [2.24, 2.45) is 11.7 Å². The Labute approximate surface area is 102 Å². The van der Waals surface area contributed by atoms with E-state index in [-0.39, 0.29) is 0 Å². The van der Waals surface area contributed by atoms with Gasteiger partial charge in [-0.3, -0.25) is 0 Å². The van der Waals surface area contributed by atoms with E-state index in [0.29, 0.717) is 0 Å². The Balaban J connectivity index is 1.82. The quantitative estimate of drug-likeness (QED) is 0.872. The summed E-state index contributed by atoms with van der Waals surface area (Å²) >= 11 is 1.79. The van der Waals surface area contributed by atoms with E-state index < -0.39 is 0 Å². The smallest absolute Gasteiger partial charge is 0.00673 e. The molecule has 0 radical (unpaired) electrons. The van der Waals surface area contributed by atoms with Crippen molar-refractivity contribution in [1.82, 2.24) is 4.90 Å². The zero-order chi connectivity index (χ0) is 11.4. The summed E-state index contributed by atoms with van der Waals surface area (Å²) in [6, 6.07) is 2.97. The number of hydrogen-bond donors (Lipinski definition) is 1. The van der Waals surface area contributed by atoms with E-state index in [1.54, 1.807) is 11.3 Å². The van der Waals surface area contributed by atoms with Crippen LogP contribution < -0.4 is 5.73 Å². The van der Waals surface area contributed by atoms with Gasteiger partial charge < -0.3 is 10.6 Å². The fourth-order valence-corrected chi connectivity index (χ4v) is 3.18. The summed E-state index contributed by atoms with van der Waals surface area (Å²) in [5.74, 6) is 0.721. The molecule has 1 aromatic rings. The second-order valence-electron chi connectivity index (χ2n) is 4.90. The summed E-state index contributed by atoms with van der Waals surface area (Å²) in [4.78, 5) is 2.61. The summed E-state index contributed by atoms with van der Waals surface area (Å²) in [6.45, 7) is 5.58. The number of rotatable bonds is 4. The minimum atomic E-state index is 0.721. The number of piperidine rings is 1. The van der Waals surface area contributed by atoms with Gasteiger partial charge in [-0.2, -0.15) is 11.3 Å². The summed E-state index contributed by atoms with van der Waals surface area (Å²) in [6.07, 6.45) is 3.81. The Morgan fingerprint density at radius 3 is 3.06 bits per heavy atom. The third kappa shape index (κ3) is 3.06. The third-order valence-corrected chi connectivity index (χ3v) is 4.44. The van der Waals surface area contributed by atoms with Crippen LogP contribution in [0.5, 0.6) is 0 Å². The first-order valence-electron chi connectivity index (χ1n) is 6.24. The molecule has 1 aromatic heterocycles. The second kappa shape index (κ2) is 5.80. The van der Waals surface area contributed by atoms with Crippen LogP contribution in [-0.2, 0) is 6.42 Å². The lowest BCUT2D eigenvalue weighted by Gasteiger charge is -2.37. The molecule has 2 atom stereocenters. The molecule has 0 aliphatic carbocycles. The Bertz CT molecular complexity index is 297. The topological polar surface area (TPSA) is 29.3 Å². The normalized spacial score (nSPS) is 27.1. The van der Waals surface area contributed by atoms with E-state index >= 15 is 0 Å². The van der Waals surface area contributed by atoms with Gasteiger partial charge in [-0.15, -0.1) is 0 Å². The largest absolute Gasteiger partial charge is 0.330 e. The van der Waals surface area contributed by atoms with Crippen molar-refractivity contribution < 1.29 is 0 Å². The van der Waals surface area contributed by atoms with Crippen molar-refractivity contribution in [2.75, 3.05) is 19.6 Å². The minimum absolute atomic E-state index is 0.721. The molecule has 2 rings (SSSR count). The average Bonchev–Trinajstić information content (AvgIpc) is 2.81. The van der Waals surface area contributed by atoms with Gasteiger partial charge in [-0.1, -0.05) is 0 Å². The summed E-state index contributed by atoms with van der Waals surface area (Å²) < 4.78 is 0. The van der Waals surface area contributed by atoms with Crippen LogP contribution in [0.15, 0.2) is 16.8 Å². The van der Waals surface area contributed by atoms with Crippen molar-refractivity contribution in [2.45, 2.75) is 32.2 Å². The molecular weight excluding hydrogens is 216 g/mol. The van der Waals surface area contributed by atoms with Gasteiger partial charge in [0.25, 0.3) is 0 Å². The highest BCUT2D eigenvalue weighted by Gasteiger charge is 2.23. The van der Waals surface area contributed by atoms with Gasteiger partial charge in [-0.25, -0.2) is 0 Å². The Kier molecular flexibility index (Phi) is 4.38. The van der Waals surface area contributed by atoms with Crippen LogP contribution in [0.3, 0.4) is 0 Å². The molecule has 1 fully saturated rings. The third-order valence-electron chi connectivity index (χ3n) is 3.71. The second-order valence-corrected chi connectivity index (χ2v) is 5.68. The number of likely N-dealkylation sites (tertiary alicyclic amines) is 1. The summed E-state index contributed by atoms with van der Waals surface area (Å²) in [7, 11) is 0. The maximum Gasteiger partial charge on any atom is 0.00673 e. The predicted molar refractivity (Wildman–Crippen MR) is 70.8 cm³/mol. The number of thiophene rings is 1. The molecule has 1 saturated heterocycles. The van der Waals surface area contributed by atoms with Gasteiger partial charge in [-0.05, 0) is 61.0 Å². The molecule has 0 bridgehead atoms. The van der Waals surface area contributed by atoms with Gasteiger partial charge in [0.1, 0.15) is 0 Å². The molecule has 0 saturated carbocycles. The van der Waals surface area contributed by atoms with Crippen LogP contribution in [0.1, 0.15) is 25.3 Å². The van der Waals surface area contributed by atoms with Crippen LogP contribution >= 0.6 is 11.3 Å². The van der Waals surface area contributed by atoms with Crippen LogP contribution in [-0.4, -0.2) is 30.6 Å². The average molecular weight is 238 g/mol. The summed E-state index contributed by atoms with van der Waals surface area (Å²) in [5, 5.41) is 4.42. The Hall–Kier alpha value is -0.380. The molecule has 1 aliphatic rings. The predicted octanol–water partition coefficient (Wildman–Crippen LogP) is 2.35. The molecule has 3 heteroatoms. The molecule has 2 unspecified atom stereocenters. The van der Waals surface area contributed by atoms with E-state index in [0.717, 1.165) is 18.5 Å². The van der Waals surface area contributed by atoms with E-state index in [1.165, 1.54) is 37.9 Å². The van der Waals surface area contributed by atoms with E-state index in [4.69, 9.17) is 5.73 Å². The van der Waals surface area contributed by atoms with Crippen molar-refractivity contribution >= 4 is 11.3 Å². The zero-order valence-corrected chi connectivity index (χ0v) is 10.9. The number of hydrogen-bond acceptors (Lipinski definition) is 3. The van der Waals surface area contributed by atoms with Crippen LogP contribution in [0.2, 0.25) is 0 Å². The number of nitrogens with zero attached hydrogens (tertiary/aromatic N) is 1. The van der Waals surface area contributed by atoms with Crippen LogP contribution in [0.25, 0.3) is 0 Å². The fourth-order valence-electron chi connectivity index (χ4n) is 2.47. The SMILES string of the molecule is CC1CCC(CN)CN1CCc1ccsc1. The van der Waals surface area contributed by atoms with Crippen LogP contribution in [0, 0.1) is 5.92 Å². The lowest BCUT2D eigenvalue weighted by Crippen LogP contribution is -2.44. The maximum atomic E-state index is 5.78. The van der Waals surface area contributed by atoms with Crippen molar-refractivity contribution in [1.29, 1.82) is 0 Å². The standard InChI is InChI=1S/C13H22N2S/c1-11-2-3-13(8-14)9-15(11)6-4-12-5-7-16-10-12/h5,7,10-11,13H,2-4,6,8-9,14H2,1H3. The van der Waals surface area contributed by atoms with E-state index in [9.17, 15) is 0 Å². The molecule has 0 spiro atoms. The fraction of sp³-hybridized carbons (Fsp3) is 0.692. The lowest BCUT2D eigenvalue weighted by atomic mass is 9.93. The zero-order valence-electron chi connectivity index (χ0n) is 10.1. The maximum absolute atomic E-state index is 5.78. The molecule has 16 heavy (non-hydrogen) atoms. The summed E-state index contributed by atoms with van der Waals surface area (Å²) in [5.41, 5.74) is 7.26. The Morgan fingerprint density at radius 1 is 1.50 bits per heavy atom. The van der Waals surface area contributed by atoms with E-state index in [1.807, 2.05) is 0 Å². The first-order valence-corrected chi connectivity index (χ1v) is 7.19. The first kappa shape index (κ1) is 12.1. The van der Waals surface area contributed by atoms with Crippen LogP contribution in [0.4, 0.5) is 0 Å². The highest BCUT2D eigenvalue weighted by atomic mass is 32.1. The molecule has 2 heterocycles. The molecular formula is C13H22N2S. The van der Waals surface area contributed by atoms with Crippen molar-refractivity contribution in [3.05, 3.63) is 22.4 Å². The molecule has 2 N–H and O–H groups in total. The van der Waals surface area contributed by atoms with Gasteiger partial charge in [0.15, 0.2) is 0 Å². The molecule has 2 nitrogen and oxygen atoms in total. The highest BCUT2D eigenvalue weighted by molar-refractivity contribution is 7.07. The van der Waals surface area contributed by atoms with Gasteiger partial charge >= 0.3 is 0 Å². The molecule has 0 aromatic carbocycles. The Morgan fingerprint density at radius 2 is 2.38 bits per heavy atom. The van der Waals surface area contributed by atoms with Crippen molar-refractivity contribution in [3.63, 3.8) is 0 Å². The first-order chi connectivity index (χ1) is 7.79. The van der Waals surface area contributed by atoms with Gasteiger partial charge in [0.05, 0.1) is 0 Å². The van der Waals surface area contributed by atoms with Gasteiger partial charge in [0, 0.05) is 19.1 Å². The minimum Gasteiger partial charge on any atom is -0.330 e. The van der Waals surface area contributed by atoms with E-state index in [2.05, 4.69) is 28.7 Å². The highest BCUT2D eigenvalue weighted by Crippen LogP contribution is 2.21.